The molecule has 2 heterocycles. The number of likely N-dealkylation sites (tertiary alicyclic amines) is 1. The average Bonchev–Trinajstić information content (AvgIpc) is 3.81. The number of nitrogens with zero attached hydrogens (tertiary/aromatic N) is 1. The summed E-state index contributed by atoms with van der Waals surface area (Å²) in [4.78, 5) is 38.3. The number of aliphatic carboxylic acids is 2. The molecule has 0 spiro atoms. The highest BCUT2D eigenvalue weighted by atomic mass is 19.4. The fourth-order valence-corrected chi connectivity index (χ4v) is 7.24. The molecule has 1 unspecified atom stereocenters. The Bertz CT molecular complexity index is 2000. The van der Waals surface area contributed by atoms with E-state index in [4.69, 9.17) is 28.8 Å². The van der Waals surface area contributed by atoms with Crippen molar-refractivity contribution in [3.8, 4) is 17.2 Å². The van der Waals surface area contributed by atoms with Gasteiger partial charge in [-0.1, -0.05) is 73.7 Å². The van der Waals surface area contributed by atoms with Crippen molar-refractivity contribution in [3.05, 3.63) is 124 Å². The summed E-state index contributed by atoms with van der Waals surface area (Å²) >= 11 is 0. The number of alkyl halides is 3. The molecular formula is C43H47F3N2O9. The SMILES string of the molecule is CCc1ccccc1C(NC(=O)CN1C[C@H](c2ccc3c(c2)OCO3)[C@@H](C(=O)O)[C@@H]1c1ccc(OCCOC(C)C)cc1)c1ccccc1C.O=C(O)C(F)(F)F. The van der Waals surface area contributed by atoms with Gasteiger partial charge in [0.25, 0.3) is 0 Å². The molecule has 1 amide bonds. The molecule has 11 nitrogen and oxygen atoms in total. The number of fused-ring (bicyclic) bond motifs is 1. The third kappa shape index (κ3) is 10.8. The predicted octanol–water partition coefficient (Wildman–Crippen LogP) is 7.47. The van der Waals surface area contributed by atoms with Crippen molar-refractivity contribution in [2.24, 2.45) is 5.92 Å². The molecule has 4 aromatic carbocycles. The molecule has 0 aromatic heterocycles. The molecule has 57 heavy (non-hydrogen) atoms. The maximum absolute atomic E-state index is 14.2. The Morgan fingerprint density at radius 1 is 0.877 bits per heavy atom. The number of carboxylic acid groups (broad SMARTS) is 2. The maximum atomic E-state index is 14.2. The molecule has 1 fully saturated rings. The smallest absolute Gasteiger partial charge is 0.490 e. The zero-order chi connectivity index (χ0) is 41.3. The Hall–Kier alpha value is -5.60. The van der Waals surface area contributed by atoms with Gasteiger partial charge in [-0.05, 0) is 84.8 Å². The number of carbonyl (C=O) groups is 3. The molecule has 3 N–H and O–H groups in total. The lowest BCUT2D eigenvalue weighted by atomic mass is 9.82. The number of hydrogen-bond donors (Lipinski definition) is 3. The van der Waals surface area contributed by atoms with E-state index in [-0.39, 0.29) is 31.4 Å². The van der Waals surface area contributed by atoms with Crippen molar-refractivity contribution in [3.63, 3.8) is 0 Å². The third-order valence-electron chi connectivity index (χ3n) is 9.87. The first-order valence-electron chi connectivity index (χ1n) is 18.6. The van der Waals surface area contributed by atoms with Crippen LogP contribution in [0.3, 0.4) is 0 Å². The fraction of sp³-hybridized carbons (Fsp3) is 0.372. The molecule has 2 aliphatic heterocycles. The Balaban J connectivity index is 0.000000811. The number of rotatable bonds is 14. The van der Waals surface area contributed by atoms with Crippen LogP contribution in [0.2, 0.25) is 0 Å². The van der Waals surface area contributed by atoms with Gasteiger partial charge in [-0.2, -0.15) is 13.2 Å². The van der Waals surface area contributed by atoms with E-state index in [1.807, 2.05) is 85.5 Å². The predicted molar refractivity (Wildman–Crippen MR) is 204 cm³/mol. The largest absolute Gasteiger partial charge is 0.491 e. The molecule has 0 radical (unpaired) electrons. The highest BCUT2D eigenvalue weighted by molar-refractivity contribution is 5.80. The Morgan fingerprint density at radius 3 is 2.14 bits per heavy atom. The van der Waals surface area contributed by atoms with Crippen LogP contribution < -0.4 is 19.5 Å². The van der Waals surface area contributed by atoms with Gasteiger partial charge in [0.15, 0.2) is 11.5 Å². The lowest BCUT2D eigenvalue weighted by Gasteiger charge is -2.29. The van der Waals surface area contributed by atoms with Gasteiger partial charge in [-0.25, -0.2) is 4.79 Å². The van der Waals surface area contributed by atoms with Crippen molar-refractivity contribution in [1.82, 2.24) is 10.2 Å². The molecule has 14 heteroatoms. The number of hydrogen-bond acceptors (Lipinski definition) is 8. The number of amides is 1. The van der Waals surface area contributed by atoms with Crippen LogP contribution in [0, 0.1) is 12.8 Å². The van der Waals surface area contributed by atoms with Crippen LogP contribution in [-0.4, -0.2) is 78.3 Å². The van der Waals surface area contributed by atoms with Crippen molar-refractivity contribution < 1.29 is 56.7 Å². The first kappa shape index (κ1) is 42.5. The van der Waals surface area contributed by atoms with E-state index in [1.165, 1.54) is 0 Å². The molecular weight excluding hydrogens is 745 g/mol. The van der Waals surface area contributed by atoms with Crippen molar-refractivity contribution >= 4 is 17.8 Å². The van der Waals surface area contributed by atoms with Crippen molar-refractivity contribution in [2.75, 3.05) is 33.1 Å². The van der Waals surface area contributed by atoms with Gasteiger partial charge in [0, 0.05) is 18.5 Å². The molecule has 0 aliphatic carbocycles. The topological polar surface area (TPSA) is 144 Å². The second-order valence-corrected chi connectivity index (χ2v) is 14.0. The Morgan fingerprint density at radius 2 is 1.51 bits per heavy atom. The first-order chi connectivity index (χ1) is 27.2. The van der Waals surface area contributed by atoms with E-state index < -0.39 is 36.0 Å². The number of halogens is 3. The van der Waals surface area contributed by atoms with Gasteiger partial charge in [0.2, 0.25) is 12.7 Å². The maximum Gasteiger partial charge on any atom is 0.490 e. The standard InChI is InChI=1S/C41H46N2O7.C2HF3O2/c1-5-28-11-7-9-13-33(28)39(32-12-8-6-10-27(32)4)42-37(44)24-43-23-34(30-16-19-35-36(22-30)50-25-49-35)38(41(45)46)40(43)29-14-17-31(18-15-29)48-21-20-47-26(2)3;3-2(4,5)1(6)7/h6-19,22,26,34,38-40H,5,20-21,23-25H2,1-4H3,(H,42,44)(H,45,46);(H,6,7)/t34-,38-,39?,40+;/m1./s1. The fourth-order valence-electron chi connectivity index (χ4n) is 7.24. The summed E-state index contributed by atoms with van der Waals surface area (Å²) in [7, 11) is 0. The van der Waals surface area contributed by atoms with Crippen LogP contribution >= 0.6 is 0 Å². The van der Waals surface area contributed by atoms with E-state index in [9.17, 15) is 27.9 Å². The van der Waals surface area contributed by atoms with E-state index in [0.717, 1.165) is 39.8 Å². The summed E-state index contributed by atoms with van der Waals surface area (Å²) in [5.41, 5.74) is 5.93. The van der Waals surface area contributed by atoms with Crippen LogP contribution in [0.4, 0.5) is 13.2 Å². The van der Waals surface area contributed by atoms with E-state index >= 15 is 0 Å². The lowest BCUT2D eigenvalue weighted by Crippen LogP contribution is -2.40. The minimum atomic E-state index is -5.08. The number of nitrogens with one attached hydrogen (secondary N) is 1. The van der Waals surface area contributed by atoms with Crippen molar-refractivity contribution in [2.45, 2.75) is 64.4 Å². The van der Waals surface area contributed by atoms with Crippen LogP contribution in [0.5, 0.6) is 17.2 Å². The number of aryl methyl sites for hydroxylation is 2. The number of carboxylic acids is 2. The molecule has 2 aliphatic rings. The molecule has 4 atom stereocenters. The summed E-state index contributed by atoms with van der Waals surface area (Å²) in [6, 6.07) is 28.5. The van der Waals surface area contributed by atoms with E-state index in [1.54, 1.807) is 0 Å². The number of benzene rings is 4. The minimum absolute atomic E-state index is 0.0109. The van der Waals surface area contributed by atoms with Gasteiger partial charge < -0.3 is 34.5 Å². The van der Waals surface area contributed by atoms with Crippen LogP contribution in [0.25, 0.3) is 0 Å². The molecule has 6 rings (SSSR count). The van der Waals surface area contributed by atoms with Gasteiger partial charge in [0.1, 0.15) is 12.4 Å². The van der Waals surface area contributed by atoms with Crippen LogP contribution in [-0.2, 0) is 25.5 Å². The lowest BCUT2D eigenvalue weighted by molar-refractivity contribution is -0.192. The first-order valence-corrected chi connectivity index (χ1v) is 18.6. The molecule has 0 bridgehead atoms. The highest BCUT2D eigenvalue weighted by Gasteiger charge is 2.48. The molecule has 4 aromatic rings. The van der Waals surface area contributed by atoms with Gasteiger partial charge in [-0.15, -0.1) is 0 Å². The second-order valence-electron chi connectivity index (χ2n) is 14.0. The Labute approximate surface area is 329 Å². The van der Waals surface area contributed by atoms with E-state index in [0.29, 0.717) is 37.0 Å². The highest BCUT2D eigenvalue weighted by Crippen LogP contribution is 2.48. The zero-order valence-electron chi connectivity index (χ0n) is 32.1. The summed E-state index contributed by atoms with van der Waals surface area (Å²) in [6.07, 6.45) is -4.14. The molecule has 304 valence electrons. The second kappa shape index (κ2) is 19.0. The van der Waals surface area contributed by atoms with Gasteiger partial charge >= 0.3 is 18.1 Å². The minimum Gasteiger partial charge on any atom is -0.491 e. The Kier molecular flexibility index (Phi) is 14.2. The van der Waals surface area contributed by atoms with E-state index in [2.05, 4.69) is 43.4 Å². The number of carbonyl (C=O) groups excluding carboxylic acids is 1. The monoisotopic (exact) mass is 792 g/mol. The summed E-state index contributed by atoms with van der Waals surface area (Å²) < 4.78 is 54.4. The summed E-state index contributed by atoms with van der Waals surface area (Å²) in [6.45, 7) is 9.49. The quantitative estimate of drug-likeness (QED) is 0.110. The summed E-state index contributed by atoms with van der Waals surface area (Å²) in [5, 5.41) is 21.2. The average molecular weight is 793 g/mol. The normalized spacial score (nSPS) is 18.1. The van der Waals surface area contributed by atoms with Crippen LogP contribution in [0.15, 0.2) is 91.0 Å². The summed E-state index contributed by atoms with van der Waals surface area (Å²) in [5.74, 6) is -3.21. The zero-order valence-corrected chi connectivity index (χ0v) is 32.1. The number of ether oxygens (including phenoxy) is 4. The van der Waals surface area contributed by atoms with Gasteiger partial charge in [0.05, 0.1) is 31.2 Å². The van der Waals surface area contributed by atoms with Crippen molar-refractivity contribution in [1.29, 1.82) is 0 Å². The molecule has 0 saturated carbocycles. The van der Waals surface area contributed by atoms with Gasteiger partial charge in [-0.3, -0.25) is 14.5 Å². The van der Waals surface area contributed by atoms with Crippen LogP contribution in [0.1, 0.15) is 72.2 Å². The molecule has 1 saturated heterocycles. The third-order valence-corrected chi connectivity index (χ3v) is 9.87.